The first-order chi connectivity index (χ1) is 7.71. The molecular weight excluding hydrogens is 200 g/mol. The predicted molar refractivity (Wildman–Crippen MR) is 63.9 cm³/mol. The number of nitriles is 1. The van der Waals surface area contributed by atoms with Crippen LogP contribution in [0.3, 0.4) is 0 Å². The van der Waals surface area contributed by atoms with E-state index in [1.165, 1.54) is 0 Å². The van der Waals surface area contributed by atoms with Gasteiger partial charge in [-0.05, 0) is 31.0 Å². The van der Waals surface area contributed by atoms with E-state index in [9.17, 15) is 0 Å². The summed E-state index contributed by atoms with van der Waals surface area (Å²) in [5.41, 5.74) is 1.74. The van der Waals surface area contributed by atoms with Crippen LogP contribution in [0.25, 0.3) is 0 Å². The topological polar surface area (TPSA) is 56.0 Å². The third-order valence-corrected chi connectivity index (χ3v) is 2.71. The molecular formula is C13H18N2O. The van der Waals surface area contributed by atoms with Crippen LogP contribution < -0.4 is 5.32 Å². The molecule has 0 amide bonds. The van der Waals surface area contributed by atoms with Crippen molar-refractivity contribution in [1.82, 2.24) is 5.32 Å². The molecule has 16 heavy (non-hydrogen) atoms. The Balaban J connectivity index is 2.72. The zero-order chi connectivity index (χ0) is 12.0. The summed E-state index contributed by atoms with van der Waals surface area (Å²) in [6, 6.07) is 9.92. The van der Waals surface area contributed by atoms with Crippen molar-refractivity contribution in [2.45, 2.75) is 32.4 Å². The van der Waals surface area contributed by atoms with Gasteiger partial charge >= 0.3 is 0 Å². The lowest BCUT2D eigenvalue weighted by atomic mass is 10.0. The van der Waals surface area contributed by atoms with Crippen LogP contribution in [0.15, 0.2) is 24.3 Å². The number of nitrogens with one attached hydrogen (secondary N) is 1. The lowest BCUT2D eigenvalue weighted by Crippen LogP contribution is -2.33. The molecule has 0 saturated heterocycles. The molecule has 1 aromatic carbocycles. The van der Waals surface area contributed by atoms with Crippen molar-refractivity contribution in [1.29, 1.82) is 5.26 Å². The first-order valence-electron chi connectivity index (χ1n) is 5.58. The Morgan fingerprint density at radius 1 is 1.50 bits per heavy atom. The van der Waals surface area contributed by atoms with Gasteiger partial charge in [-0.1, -0.05) is 19.1 Å². The Labute approximate surface area is 96.7 Å². The minimum absolute atomic E-state index is 0.112. The van der Waals surface area contributed by atoms with Gasteiger partial charge in [0.15, 0.2) is 0 Å². The molecule has 0 aliphatic heterocycles. The van der Waals surface area contributed by atoms with Crippen LogP contribution >= 0.6 is 0 Å². The average molecular weight is 218 g/mol. The molecule has 0 radical (unpaired) electrons. The predicted octanol–water partition coefficient (Wildman–Crippen LogP) is 1.98. The Morgan fingerprint density at radius 2 is 2.25 bits per heavy atom. The fraction of sp³-hybridized carbons (Fsp3) is 0.462. The maximum Gasteiger partial charge on any atom is 0.0991 e. The molecule has 2 atom stereocenters. The van der Waals surface area contributed by atoms with Crippen molar-refractivity contribution in [3.8, 4) is 6.07 Å². The summed E-state index contributed by atoms with van der Waals surface area (Å²) < 4.78 is 0. The summed E-state index contributed by atoms with van der Waals surface area (Å²) in [7, 11) is 0. The van der Waals surface area contributed by atoms with Crippen molar-refractivity contribution >= 4 is 0 Å². The quantitative estimate of drug-likeness (QED) is 0.794. The normalized spacial score (nSPS) is 14.1. The summed E-state index contributed by atoms with van der Waals surface area (Å²) >= 11 is 0. The molecule has 0 saturated carbocycles. The first kappa shape index (κ1) is 12.7. The van der Waals surface area contributed by atoms with E-state index >= 15 is 0 Å². The minimum Gasteiger partial charge on any atom is -0.395 e. The summed E-state index contributed by atoms with van der Waals surface area (Å²) in [5.74, 6) is 0. The molecule has 3 nitrogen and oxygen atoms in total. The van der Waals surface area contributed by atoms with Crippen LogP contribution in [0, 0.1) is 11.3 Å². The third kappa shape index (κ3) is 3.34. The number of aliphatic hydroxyl groups excluding tert-OH is 1. The second-order valence-corrected chi connectivity index (χ2v) is 3.91. The van der Waals surface area contributed by atoms with E-state index in [1.807, 2.05) is 32.0 Å². The molecule has 1 aromatic rings. The van der Waals surface area contributed by atoms with E-state index < -0.39 is 0 Å². The summed E-state index contributed by atoms with van der Waals surface area (Å²) in [6.45, 7) is 4.21. The second-order valence-electron chi connectivity index (χ2n) is 3.91. The van der Waals surface area contributed by atoms with Crippen molar-refractivity contribution in [2.75, 3.05) is 6.61 Å². The molecule has 3 heteroatoms. The van der Waals surface area contributed by atoms with Gasteiger partial charge in [-0.25, -0.2) is 0 Å². The maximum atomic E-state index is 9.11. The van der Waals surface area contributed by atoms with Gasteiger partial charge in [-0.2, -0.15) is 5.26 Å². The maximum absolute atomic E-state index is 9.11. The van der Waals surface area contributed by atoms with Crippen molar-refractivity contribution in [3.05, 3.63) is 35.4 Å². The largest absolute Gasteiger partial charge is 0.395 e. The van der Waals surface area contributed by atoms with Crippen LogP contribution in [0.5, 0.6) is 0 Å². The highest BCUT2D eigenvalue weighted by atomic mass is 16.3. The Bertz CT molecular complexity index is 366. The van der Waals surface area contributed by atoms with E-state index in [1.54, 1.807) is 6.07 Å². The van der Waals surface area contributed by atoms with Gasteiger partial charge in [0.05, 0.1) is 18.2 Å². The first-order valence-corrected chi connectivity index (χ1v) is 5.58. The zero-order valence-electron chi connectivity index (χ0n) is 9.77. The van der Waals surface area contributed by atoms with Crippen molar-refractivity contribution in [2.24, 2.45) is 0 Å². The molecule has 0 fully saturated rings. The fourth-order valence-corrected chi connectivity index (χ4v) is 1.63. The van der Waals surface area contributed by atoms with E-state index in [0.29, 0.717) is 5.56 Å². The van der Waals surface area contributed by atoms with Gasteiger partial charge in [0, 0.05) is 12.1 Å². The Kier molecular flexibility index (Phi) is 4.97. The van der Waals surface area contributed by atoms with Crippen LogP contribution in [-0.2, 0) is 0 Å². The van der Waals surface area contributed by atoms with Gasteiger partial charge in [0.2, 0.25) is 0 Å². The van der Waals surface area contributed by atoms with Crippen LogP contribution in [0.1, 0.15) is 37.4 Å². The number of benzene rings is 1. The summed E-state index contributed by atoms with van der Waals surface area (Å²) in [5, 5.41) is 21.2. The smallest absolute Gasteiger partial charge is 0.0991 e. The van der Waals surface area contributed by atoms with Crippen LogP contribution in [0.4, 0.5) is 0 Å². The van der Waals surface area contributed by atoms with Crippen LogP contribution in [-0.4, -0.2) is 17.8 Å². The molecule has 1 unspecified atom stereocenters. The number of aliphatic hydroxyl groups is 1. The molecule has 2 N–H and O–H groups in total. The average Bonchev–Trinajstić information content (AvgIpc) is 2.35. The standard InChI is InChI=1S/C13H18N2O/c1-3-13(9-16)15-10(2)12-6-4-5-11(7-12)8-14/h4-7,10,13,15-16H,3,9H2,1-2H3/t10?,13-/m0/s1. The molecule has 0 aliphatic rings. The summed E-state index contributed by atoms with van der Waals surface area (Å²) in [6.07, 6.45) is 0.888. The summed E-state index contributed by atoms with van der Waals surface area (Å²) in [4.78, 5) is 0. The SMILES string of the molecule is CC[C@@H](CO)NC(C)c1cccc(C#N)c1. The fourth-order valence-electron chi connectivity index (χ4n) is 1.63. The number of hydrogen-bond acceptors (Lipinski definition) is 3. The van der Waals surface area contributed by atoms with E-state index in [-0.39, 0.29) is 18.7 Å². The van der Waals surface area contributed by atoms with E-state index in [2.05, 4.69) is 11.4 Å². The molecule has 0 bridgehead atoms. The molecule has 86 valence electrons. The van der Waals surface area contributed by atoms with Gasteiger partial charge in [0.25, 0.3) is 0 Å². The van der Waals surface area contributed by atoms with Gasteiger partial charge in [-0.15, -0.1) is 0 Å². The Morgan fingerprint density at radius 3 is 2.81 bits per heavy atom. The number of hydrogen-bond donors (Lipinski definition) is 2. The second kappa shape index (κ2) is 6.26. The van der Waals surface area contributed by atoms with Gasteiger partial charge in [0.1, 0.15) is 0 Å². The molecule has 1 rings (SSSR count). The van der Waals surface area contributed by atoms with E-state index in [4.69, 9.17) is 10.4 Å². The Hall–Kier alpha value is -1.37. The van der Waals surface area contributed by atoms with Gasteiger partial charge < -0.3 is 10.4 Å². The van der Waals surface area contributed by atoms with E-state index in [0.717, 1.165) is 12.0 Å². The number of rotatable bonds is 5. The highest BCUT2D eigenvalue weighted by Gasteiger charge is 2.10. The zero-order valence-corrected chi connectivity index (χ0v) is 9.77. The van der Waals surface area contributed by atoms with Crippen molar-refractivity contribution < 1.29 is 5.11 Å². The molecule has 0 aromatic heterocycles. The molecule has 0 heterocycles. The highest BCUT2D eigenvalue weighted by molar-refractivity contribution is 5.34. The number of nitrogens with zero attached hydrogens (tertiary/aromatic N) is 1. The monoisotopic (exact) mass is 218 g/mol. The van der Waals surface area contributed by atoms with Gasteiger partial charge in [-0.3, -0.25) is 0 Å². The lowest BCUT2D eigenvalue weighted by molar-refractivity contribution is 0.230. The lowest BCUT2D eigenvalue weighted by Gasteiger charge is -2.20. The molecule has 0 spiro atoms. The minimum atomic E-state index is 0.112. The third-order valence-electron chi connectivity index (χ3n) is 2.71. The highest BCUT2D eigenvalue weighted by Crippen LogP contribution is 2.14. The van der Waals surface area contributed by atoms with Crippen LogP contribution in [0.2, 0.25) is 0 Å². The molecule has 0 aliphatic carbocycles. The van der Waals surface area contributed by atoms with Crippen molar-refractivity contribution in [3.63, 3.8) is 0 Å².